The second kappa shape index (κ2) is 5.56. The molecule has 0 bridgehead atoms. The molecule has 0 radical (unpaired) electrons. The lowest BCUT2D eigenvalue weighted by Gasteiger charge is -2.53. The summed E-state index contributed by atoms with van der Waals surface area (Å²) in [6.45, 7) is 6.58. The molecule has 116 valence electrons. The summed E-state index contributed by atoms with van der Waals surface area (Å²) < 4.78 is 5.47. The van der Waals surface area contributed by atoms with Crippen LogP contribution >= 0.6 is 0 Å². The van der Waals surface area contributed by atoms with Gasteiger partial charge in [-0.2, -0.15) is 0 Å². The van der Waals surface area contributed by atoms with Crippen LogP contribution in [0, 0.1) is 0 Å². The van der Waals surface area contributed by atoms with E-state index < -0.39 is 11.1 Å². The molecule has 1 aromatic rings. The predicted molar refractivity (Wildman–Crippen MR) is 81.0 cm³/mol. The molecule has 0 aliphatic carbocycles. The number of nitrogens with two attached hydrogens (primary N) is 1. The molecule has 1 aromatic carbocycles. The van der Waals surface area contributed by atoms with E-state index in [1.807, 2.05) is 32.9 Å². The van der Waals surface area contributed by atoms with Crippen LogP contribution in [0.25, 0.3) is 0 Å². The van der Waals surface area contributed by atoms with Crippen LogP contribution in [-0.4, -0.2) is 34.8 Å². The summed E-state index contributed by atoms with van der Waals surface area (Å²) in [7, 11) is 0. The van der Waals surface area contributed by atoms with Crippen LogP contribution < -0.4 is 5.73 Å². The average molecular weight is 292 g/mol. The van der Waals surface area contributed by atoms with Crippen molar-refractivity contribution in [1.82, 2.24) is 4.90 Å². The highest BCUT2D eigenvalue weighted by Gasteiger charge is 2.50. The molecule has 1 aliphatic heterocycles. The van der Waals surface area contributed by atoms with Gasteiger partial charge in [-0.15, -0.1) is 0 Å². The molecule has 5 nitrogen and oxygen atoms in total. The van der Waals surface area contributed by atoms with Crippen molar-refractivity contribution in [2.45, 2.75) is 44.8 Å². The molecule has 1 aliphatic rings. The fourth-order valence-electron chi connectivity index (χ4n) is 2.86. The number of aromatic hydroxyl groups is 1. The number of para-hydroxylation sites is 1. The Hall–Kier alpha value is -1.75. The molecule has 1 heterocycles. The summed E-state index contributed by atoms with van der Waals surface area (Å²) in [4.78, 5) is 14.1. The van der Waals surface area contributed by atoms with Gasteiger partial charge in [0, 0.05) is 12.1 Å². The first kappa shape index (κ1) is 15.6. The minimum atomic E-state index is -0.553. The van der Waals surface area contributed by atoms with E-state index in [1.165, 1.54) is 0 Å². The normalized spacial score (nSPS) is 21.8. The zero-order valence-electron chi connectivity index (χ0n) is 12.9. The van der Waals surface area contributed by atoms with Crippen LogP contribution in [0.2, 0.25) is 0 Å². The molecule has 0 aromatic heterocycles. The van der Waals surface area contributed by atoms with Crippen molar-refractivity contribution in [3.05, 3.63) is 29.8 Å². The number of ether oxygens (including phenoxy) is 1. The maximum Gasteiger partial charge on any atom is 0.411 e. The topological polar surface area (TPSA) is 75.8 Å². The van der Waals surface area contributed by atoms with Gasteiger partial charge in [-0.1, -0.05) is 18.2 Å². The van der Waals surface area contributed by atoms with Gasteiger partial charge in [0.25, 0.3) is 0 Å². The fourth-order valence-corrected chi connectivity index (χ4v) is 2.86. The Morgan fingerprint density at radius 3 is 2.57 bits per heavy atom. The van der Waals surface area contributed by atoms with Gasteiger partial charge in [0.1, 0.15) is 11.4 Å². The van der Waals surface area contributed by atoms with Gasteiger partial charge in [-0.25, -0.2) is 4.79 Å². The molecule has 21 heavy (non-hydrogen) atoms. The van der Waals surface area contributed by atoms with Gasteiger partial charge >= 0.3 is 6.09 Å². The lowest BCUT2D eigenvalue weighted by molar-refractivity contribution is -0.0511. The second-order valence-corrected chi connectivity index (χ2v) is 6.47. The Kier molecular flexibility index (Phi) is 4.14. The van der Waals surface area contributed by atoms with Crippen LogP contribution in [0.15, 0.2) is 24.3 Å². The van der Waals surface area contributed by atoms with Crippen molar-refractivity contribution >= 4 is 6.09 Å². The number of rotatable bonds is 3. The number of hydrogen-bond acceptors (Lipinski definition) is 4. The summed E-state index contributed by atoms with van der Waals surface area (Å²) in [5, 5.41) is 10.2. The number of likely N-dealkylation sites (tertiary alicyclic amines) is 1. The summed E-state index contributed by atoms with van der Waals surface area (Å²) >= 11 is 0. The average Bonchev–Trinajstić information content (AvgIpc) is 2.33. The van der Waals surface area contributed by atoms with Crippen molar-refractivity contribution in [3.63, 3.8) is 0 Å². The number of carbonyl (C=O) groups excluding carboxylic acids is 1. The van der Waals surface area contributed by atoms with Gasteiger partial charge < -0.3 is 15.6 Å². The Balaban J connectivity index is 2.31. The van der Waals surface area contributed by atoms with Crippen molar-refractivity contribution in [2.75, 3.05) is 13.1 Å². The lowest BCUT2D eigenvalue weighted by atomic mass is 9.75. The molecule has 3 N–H and O–H groups in total. The van der Waals surface area contributed by atoms with Gasteiger partial charge in [-0.3, -0.25) is 4.90 Å². The first-order valence-electron chi connectivity index (χ1n) is 7.29. The van der Waals surface area contributed by atoms with Gasteiger partial charge in [0.05, 0.1) is 5.54 Å². The second-order valence-electron chi connectivity index (χ2n) is 6.47. The molecule has 1 saturated heterocycles. The Morgan fingerprint density at radius 1 is 1.43 bits per heavy atom. The van der Waals surface area contributed by atoms with E-state index >= 15 is 0 Å². The third kappa shape index (κ3) is 2.97. The number of phenolic OH excluding ortho intramolecular Hbond substituents is 1. The summed E-state index contributed by atoms with van der Waals surface area (Å²) in [6, 6.07) is 7.12. The highest BCUT2D eigenvalue weighted by Crippen LogP contribution is 2.46. The Bertz CT molecular complexity index is 524. The van der Waals surface area contributed by atoms with Crippen LogP contribution in [-0.2, 0) is 10.3 Å². The van der Waals surface area contributed by atoms with E-state index in [9.17, 15) is 9.90 Å². The Morgan fingerprint density at radius 2 is 2.10 bits per heavy atom. The van der Waals surface area contributed by atoms with Crippen molar-refractivity contribution < 1.29 is 14.6 Å². The maximum absolute atomic E-state index is 12.4. The number of amides is 1. The smallest absolute Gasteiger partial charge is 0.411 e. The number of hydrogen-bond donors (Lipinski definition) is 2. The van der Waals surface area contributed by atoms with Crippen LogP contribution in [0.1, 0.15) is 39.2 Å². The maximum atomic E-state index is 12.4. The fraction of sp³-hybridized carbons (Fsp3) is 0.562. The summed E-state index contributed by atoms with van der Waals surface area (Å²) in [6.07, 6.45) is 1.02. The first-order chi connectivity index (χ1) is 9.80. The molecular formula is C16H24N2O3. The van der Waals surface area contributed by atoms with Crippen LogP contribution in [0.5, 0.6) is 5.75 Å². The van der Waals surface area contributed by atoms with E-state index in [1.54, 1.807) is 17.0 Å². The molecule has 0 saturated carbocycles. The lowest BCUT2D eigenvalue weighted by Crippen LogP contribution is -2.61. The van der Waals surface area contributed by atoms with E-state index in [0.717, 1.165) is 12.0 Å². The zero-order chi connectivity index (χ0) is 15.7. The third-order valence-electron chi connectivity index (χ3n) is 3.84. The molecular weight excluding hydrogens is 268 g/mol. The number of carbonyl (C=O) groups is 1. The standard InChI is InChI=1S/C16H24N2O3/c1-15(2,3)21-14(20)18-11-9-16(18,8-10-17)12-6-4-5-7-13(12)19/h4-7,19H,8-11,17H2,1-3H3. The van der Waals surface area contributed by atoms with Crippen LogP contribution in [0.4, 0.5) is 4.79 Å². The number of benzene rings is 1. The van der Waals surface area contributed by atoms with Gasteiger partial charge in [-0.05, 0) is 46.2 Å². The quantitative estimate of drug-likeness (QED) is 0.897. The molecule has 1 fully saturated rings. The zero-order valence-corrected chi connectivity index (χ0v) is 12.9. The molecule has 0 spiro atoms. The van der Waals surface area contributed by atoms with E-state index in [4.69, 9.17) is 10.5 Å². The largest absolute Gasteiger partial charge is 0.508 e. The third-order valence-corrected chi connectivity index (χ3v) is 3.84. The Labute approximate surface area is 125 Å². The number of nitrogens with zero attached hydrogens (tertiary/aromatic N) is 1. The van der Waals surface area contributed by atoms with Crippen LogP contribution in [0.3, 0.4) is 0 Å². The summed E-state index contributed by atoms with van der Waals surface area (Å²) in [5.41, 5.74) is 5.39. The van der Waals surface area contributed by atoms with Gasteiger partial charge in [0.2, 0.25) is 0 Å². The monoisotopic (exact) mass is 292 g/mol. The number of phenols is 1. The SMILES string of the molecule is CC(C)(C)OC(=O)N1CCC1(CCN)c1ccccc1O. The van der Waals surface area contributed by atoms with E-state index in [-0.39, 0.29) is 11.8 Å². The molecule has 1 atom stereocenters. The first-order valence-corrected chi connectivity index (χ1v) is 7.29. The minimum Gasteiger partial charge on any atom is -0.508 e. The molecule has 1 amide bonds. The minimum absolute atomic E-state index is 0.194. The summed E-state index contributed by atoms with van der Waals surface area (Å²) in [5.74, 6) is 0.194. The van der Waals surface area contributed by atoms with Gasteiger partial charge in [0.15, 0.2) is 0 Å². The van der Waals surface area contributed by atoms with Crippen molar-refractivity contribution in [2.24, 2.45) is 5.73 Å². The molecule has 1 unspecified atom stereocenters. The highest BCUT2D eigenvalue weighted by molar-refractivity contribution is 5.71. The highest BCUT2D eigenvalue weighted by atomic mass is 16.6. The van der Waals surface area contributed by atoms with Crippen molar-refractivity contribution in [1.29, 1.82) is 0 Å². The molecule has 5 heteroatoms. The molecule has 2 rings (SSSR count). The van der Waals surface area contributed by atoms with E-state index in [0.29, 0.717) is 19.5 Å². The van der Waals surface area contributed by atoms with E-state index in [2.05, 4.69) is 0 Å². The van der Waals surface area contributed by atoms with Crippen molar-refractivity contribution in [3.8, 4) is 5.75 Å². The predicted octanol–water partition coefficient (Wildman–Crippen LogP) is 2.58.